The van der Waals surface area contributed by atoms with Gasteiger partial charge in [-0.05, 0) is 30.5 Å². The molecule has 1 aliphatic rings. The topological polar surface area (TPSA) is 43.3 Å². The van der Waals surface area contributed by atoms with Gasteiger partial charge in [-0.1, -0.05) is 0 Å². The van der Waals surface area contributed by atoms with Gasteiger partial charge in [0.1, 0.15) is 5.00 Å². The van der Waals surface area contributed by atoms with Crippen molar-refractivity contribution in [3.63, 3.8) is 0 Å². The van der Waals surface area contributed by atoms with E-state index in [4.69, 9.17) is 4.74 Å². The van der Waals surface area contributed by atoms with Gasteiger partial charge in [0.25, 0.3) is 5.91 Å². The van der Waals surface area contributed by atoms with Gasteiger partial charge in [-0.2, -0.15) is 0 Å². The molecule has 0 aliphatic carbocycles. The van der Waals surface area contributed by atoms with E-state index in [0.29, 0.717) is 12.2 Å². The average Bonchev–Trinajstić information content (AvgIpc) is 2.94. The summed E-state index contributed by atoms with van der Waals surface area (Å²) in [6, 6.07) is 5.77. The second-order valence-electron chi connectivity index (χ2n) is 3.75. The maximum Gasteiger partial charge on any atom is 0.256 e. The predicted octanol–water partition coefficient (Wildman–Crippen LogP) is 2.32. The first kappa shape index (κ1) is 10.6. The van der Waals surface area contributed by atoms with E-state index in [1.54, 1.807) is 11.3 Å². The summed E-state index contributed by atoms with van der Waals surface area (Å²) in [6.45, 7) is 2.48. The molecule has 3 heterocycles. The quantitative estimate of drug-likeness (QED) is 0.886. The molecule has 1 atom stereocenters. The Morgan fingerprint density at radius 2 is 2.41 bits per heavy atom. The van der Waals surface area contributed by atoms with Crippen molar-refractivity contribution in [2.75, 3.05) is 6.61 Å². The van der Waals surface area contributed by atoms with Crippen molar-refractivity contribution in [2.24, 2.45) is 0 Å². The lowest BCUT2D eigenvalue weighted by atomic mass is 10.3. The molecule has 0 aromatic carbocycles. The number of aromatic nitrogens is 1. The van der Waals surface area contributed by atoms with Crippen LogP contribution in [0, 0.1) is 0 Å². The molecule has 88 valence electrons. The predicted molar refractivity (Wildman–Crippen MR) is 65.5 cm³/mol. The van der Waals surface area contributed by atoms with Crippen LogP contribution in [-0.2, 0) is 4.74 Å². The maximum absolute atomic E-state index is 12.0. The smallest absolute Gasteiger partial charge is 0.256 e. The third kappa shape index (κ3) is 1.59. The molecule has 1 N–H and O–H groups in total. The van der Waals surface area contributed by atoms with E-state index < -0.39 is 0 Å². The van der Waals surface area contributed by atoms with Crippen LogP contribution >= 0.6 is 11.3 Å². The van der Waals surface area contributed by atoms with E-state index in [2.05, 4.69) is 5.32 Å². The van der Waals surface area contributed by atoms with Crippen LogP contribution in [0.25, 0.3) is 5.00 Å². The number of amides is 1. The second kappa shape index (κ2) is 4.01. The minimum absolute atomic E-state index is 0.0802. The van der Waals surface area contributed by atoms with Crippen LogP contribution in [0.3, 0.4) is 0 Å². The molecule has 0 fully saturated rings. The molecule has 1 unspecified atom stereocenters. The first-order valence-electron chi connectivity index (χ1n) is 5.49. The fourth-order valence-electron chi connectivity index (χ4n) is 2.02. The van der Waals surface area contributed by atoms with E-state index in [-0.39, 0.29) is 12.1 Å². The molecule has 0 bridgehead atoms. The number of rotatable bonds is 2. The van der Waals surface area contributed by atoms with Crippen LogP contribution in [0.1, 0.15) is 29.2 Å². The summed E-state index contributed by atoms with van der Waals surface area (Å²) in [4.78, 5) is 12.0. The monoisotopic (exact) mass is 248 g/mol. The van der Waals surface area contributed by atoms with Crippen molar-refractivity contribution in [2.45, 2.75) is 13.2 Å². The Kier molecular flexibility index (Phi) is 2.49. The zero-order chi connectivity index (χ0) is 11.8. The molecule has 0 saturated carbocycles. The minimum atomic E-state index is -0.373. The normalized spacial score (nSPS) is 18.2. The Morgan fingerprint density at radius 3 is 3.24 bits per heavy atom. The maximum atomic E-state index is 12.0. The third-order valence-corrected chi connectivity index (χ3v) is 3.66. The van der Waals surface area contributed by atoms with Crippen LogP contribution < -0.4 is 5.32 Å². The van der Waals surface area contributed by atoms with Crippen molar-refractivity contribution in [3.05, 3.63) is 41.0 Å². The number of fused-ring (bicyclic) bond motifs is 3. The lowest BCUT2D eigenvalue weighted by Crippen LogP contribution is -2.29. The van der Waals surface area contributed by atoms with E-state index in [1.165, 1.54) is 0 Å². The lowest BCUT2D eigenvalue weighted by molar-refractivity contribution is 0.0316. The largest absolute Gasteiger partial charge is 0.353 e. The first-order valence-corrected chi connectivity index (χ1v) is 6.37. The van der Waals surface area contributed by atoms with Crippen LogP contribution in [0.5, 0.6) is 0 Å². The summed E-state index contributed by atoms with van der Waals surface area (Å²) in [5, 5.41) is 5.76. The molecule has 0 radical (unpaired) electrons. The fourth-order valence-corrected chi connectivity index (χ4v) is 2.92. The van der Waals surface area contributed by atoms with Crippen LogP contribution in [0.4, 0.5) is 0 Å². The number of ether oxygens (including phenoxy) is 1. The van der Waals surface area contributed by atoms with Gasteiger partial charge in [0, 0.05) is 12.8 Å². The van der Waals surface area contributed by atoms with Gasteiger partial charge >= 0.3 is 0 Å². The van der Waals surface area contributed by atoms with Crippen LogP contribution in [0.2, 0.25) is 0 Å². The molecule has 1 aliphatic heterocycles. The average molecular weight is 248 g/mol. The Balaban J connectivity index is 2.15. The van der Waals surface area contributed by atoms with E-state index >= 15 is 0 Å². The molecule has 5 heteroatoms. The van der Waals surface area contributed by atoms with Gasteiger partial charge in [-0.3, -0.25) is 4.79 Å². The molecule has 1 amide bonds. The second-order valence-corrected chi connectivity index (χ2v) is 4.65. The Labute approximate surface area is 103 Å². The zero-order valence-corrected chi connectivity index (χ0v) is 10.2. The summed E-state index contributed by atoms with van der Waals surface area (Å²) in [5.41, 5.74) is 1.66. The number of carbonyl (C=O) groups excluding carboxylic acids is 1. The van der Waals surface area contributed by atoms with Gasteiger partial charge in [0.05, 0.1) is 11.3 Å². The van der Waals surface area contributed by atoms with Gasteiger partial charge < -0.3 is 14.6 Å². The third-order valence-electron chi connectivity index (χ3n) is 2.75. The minimum Gasteiger partial charge on any atom is -0.353 e. The lowest BCUT2D eigenvalue weighted by Gasteiger charge is -2.16. The number of hydrogen-bond donors (Lipinski definition) is 1. The molecule has 4 nitrogen and oxygen atoms in total. The van der Waals surface area contributed by atoms with Crippen LogP contribution in [-0.4, -0.2) is 17.1 Å². The standard InChI is InChI=1S/C12H12N2O2S/c1-2-16-11-9-4-3-6-14(9)12-8(5-7-17-12)10(15)13-11/h3-7,11H,2H2,1H3,(H,13,15). The summed E-state index contributed by atoms with van der Waals surface area (Å²) in [6.07, 6.45) is 1.58. The van der Waals surface area contributed by atoms with Crippen molar-refractivity contribution in [3.8, 4) is 5.00 Å². The SMILES string of the molecule is CCOC1NC(=O)c2ccsc2-n2cccc21. The van der Waals surface area contributed by atoms with Crippen LogP contribution in [0.15, 0.2) is 29.8 Å². The van der Waals surface area contributed by atoms with Gasteiger partial charge in [-0.15, -0.1) is 11.3 Å². The van der Waals surface area contributed by atoms with Crippen molar-refractivity contribution in [1.82, 2.24) is 9.88 Å². The number of hydrogen-bond acceptors (Lipinski definition) is 3. The summed E-state index contributed by atoms with van der Waals surface area (Å²) in [7, 11) is 0. The van der Waals surface area contributed by atoms with Crippen molar-refractivity contribution < 1.29 is 9.53 Å². The summed E-state index contributed by atoms with van der Waals surface area (Å²) >= 11 is 1.56. The molecular formula is C12H12N2O2S. The summed E-state index contributed by atoms with van der Waals surface area (Å²) < 4.78 is 7.58. The van der Waals surface area contributed by atoms with E-state index in [0.717, 1.165) is 10.7 Å². The molecule has 0 saturated heterocycles. The number of nitrogens with zero attached hydrogens (tertiary/aromatic N) is 1. The van der Waals surface area contributed by atoms with E-state index in [9.17, 15) is 4.79 Å². The molecule has 2 aromatic heterocycles. The highest BCUT2D eigenvalue weighted by molar-refractivity contribution is 7.13. The summed E-state index contributed by atoms with van der Waals surface area (Å²) in [5.74, 6) is -0.0802. The van der Waals surface area contributed by atoms with E-state index in [1.807, 2.05) is 41.3 Å². The number of carbonyl (C=O) groups is 1. The van der Waals surface area contributed by atoms with Gasteiger partial charge in [0.15, 0.2) is 6.23 Å². The zero-order valence-electron chi connectivity index (χ0n) is 9.34. The molecule has 17 heavy (non-hydrogen) atoms. The number of nitrogens with one attached hydrogen (secondary N) is 1. The highest BCUT2D eigenvalue weighted by Crippen LogP contribution is 2.30. The Bertz CT molecular complexity index is 558. The highest BCUT2D eigenvalue weighted by atomic mass is 32.1. The molecule has 0 spiro atoms. The first-order chi connectivity index (χ1) is 8.31. The number of thiophene rings is 1. The van der Waals surface area contributed by atoms with Crippen molar-refractivity contribution in [1.29, 1.82) is 0 Å². The van der Waals surface area contributed by atoms with Gasteiger partial charge in [-0.25, -0.2) is 0 Å². The molecule has 3 rings (SSSR count). The molecular weight excluding hydrogens is 236 g/mol. The fraction of sp³-hybridized carbons (Fsp3) is 0.250. The highest BCUT2D eigenvalue weighted by Gasteiger charge is 2.27. The van der Waals surface area contributed by atoms with Gasteiger partial charge in [0.2, 0.25) is 0 Å². The Morgan fingerprint density at radius 1 is 1.53 bits per heavy atom. The molecule has 2 aromatic rings. The Hall–Kier alpha value is -1.59. The van der Waals surface area contributed by atoms with Crippen molar-refractivity contribution >= 4 is 17.2 Å².